The Balaban J connectivity index is 0.729. The van der Waals surface area contributed by atoms with E-state index in [4.69, 9.17) is 66.3 Å². The van der Waals surface area contributed by atoms with Gasteiger partial charge in [-0.2, -0.15) is 0 Å². The molecule has 8 aliphatic heterocycles. The van der Waals surface area contributed by atoms with Crippen molar-refractivity contribution >= 4 is 0 Å². The van der Waals surface area contributed by atoms with Gasteiger partial charge in [-0.25, -0.2) is 0 Å². The minimum Gasteiger partial charge on any atom is -0.394 e. The summed E-state index contributed by atoms with van der Waals surface area (Å²) in [6.45, 7) is 3.87. The molecule has 20 N–H and O–H groups in total. The van der Waals surface area contributed by atoms with Gasteiger partial charge in [0.15, 0.2) is 43.5 Å². The first-order chi connectivity index (χ1) is 45.6. The average molecular weight is 1390 g/mol. The molecule has 0 aromatic rings. The zero-order valence-corrected chi connectivity index (χ0v) is 53.7. The highest BCUT2D eigenvalue weighted by Gasteiger charge is 2.70. The molecule has 0 bridgehead atoms. The first-order valence-corrected chi connectivity index (χ1v) is 33.6. The second-order valence-electron chi connectivity index (χ2n) is 29.3. The van der Waals surface area contributed by atoms with E-state index in [2.05, 4.69) is 26.8 Å². The molecule has 552 valence electrons. The Kier molecular flexibility index (Phi) is 22.5. The summed E-state index contributed by atoms with van der Waals surface area (Å²) in [7, 11) is 0. The number of aliphatic hydroxyl groups excluding tert-OH is 20. The molecule has 42 atom stereocenters. The highest BCUT2D eigenvalue weighted by Crippen LogP contribution is 2.71. The Bertz CT molecular complexity index is 2610. The number of hydrogen-bond donors (Lipinski definition) is 20. The van der Waals surface area contributed by atoms with Gasteiger partial charge in [-0.15, -0.1) is 0 Å². The van der Waals surface area contributed by atoms with E-state index in [0.29, 0.717) is 13.0 Å². The topological polar surface area (TPSA) is 534 Å². The van der Waals surface area contributed by atoms with Gasteiger partial charge in [0.1, 0.15) is 140 Å². The molecule has 0 aromatic carbocycles. The molecule has 0 radical (unpaired) electrons. The van der Waals surface area contributed by atoms with Crippen molar-refractivity contribution in [3.05, 3.63) is 11.6 Å². The lowest BCUT2D eigenvalue weighted by Crippen LogP contribution is -2.69. The molecule has 34 nitrogen and oxygen atoms in total. The summed E-state index contributed by atoms with van der Waals surface area (Å²) in [5, 5.41) is 218. The molecule has 3 saturated carbocycles. The van der Waals surface area contributed by atoms with Gasteiger partial charge in [0.25, 0.3) is 0 Å². The zero-order chi connectivity index (χ0) is 69.1. The molecule has 1 spiro atoms. The lowest BCUT2D eigenvalue weighted by molar-refractivity contribution is -0.409. The van der Waals surface area contributed by atoms with Crippen LogP contribution in [0.1, 0.15) is 72.6 Å². The Morgan fingerprint density at radius 3 is 1.57 bits per heavy atom. The van der Waals surface area contributed by atoms with Crippen LogP contribution in [0, 0.1) is 46.3 Å². The Morgan fingerprint density at radius 2 is 0.958 bits per heavy atom. The van der Waals surface area contributed by atoms with E-state index in [1.165, 1.54) is 0 Å². The highest BCUT2D eigenvalue weighted by atomic mass is 16.8. The SMILES string of the molecule is C[C@H]1CO[C@]2(C[C@@H]1O[C@@H]1O[C@H](CO)[C@@H](O)[C@H](O)[C@H]1O)O[C@H]1C[C@H]3[C@@H]4CC=C5C[C@@H](O[C@@H]6O[C@H](CO)[C@H](O[C@@H]7O[C@H](CO)[C@@H](O)[C@H](O[C@@H]8OC[C@@H](O)[C@H](O)[C@H]8O)[C@H]7O[C@@H]7O[C@H](CO)[C@@H](O)[C@H](O[C@@H]8O[C@H](CO)[C@@H](O)[C@H](O)[C@H]8O)[C@H]7O)[C@H](O)[C@H]6O)[C@H](O)C[C@]5(C)[C@H]4CC[C@]3(C)[C@H]1[C@@H]2C. The van der Waals surface area contributed by atoms with Gasteiger partial charge in [0, 0.05) is 18.3 Å². The van der Waals surface area contributed by atoms with Gasteiger partial charge in [-0.05, 0) is 73.0 Å². The van der Waals surface area contributed by atoms with Crippen molar-refractivity contribution in [3.63, 3.8) is 0 Å². The third-order valence-corrected chi connectivity index (χ3v) is 23.9. The van der Waals surface area contributed by atoms with Crippen molar-refractivity contribution in [2.45, 2.75) is 281 Å². The fourth-order valence-electron chi connectivity index (χ4n) is 18.3. The zero-order valence-electron chi connectivity index (χ0n) is 53.7. The van der Waals surface area contributed by atoms with E-state index in [9.17, 15) is 102 Å². The number of rotatable bonds is 17. The maximum absolute atomic E-state index is 12.2. The summed E-state index contributed by atoms with van der Waals surface area (Å²) in [5.74, 6) is -0.501. The Morgan fingerprint density at radius 1 is 0.458 bits per heavy atom. The van der Waals surface area contributed by atoms with Gasteiger partial charge in [-0.1, -0.05) is 39.3 Å². The van der Waals surface area contributed by atoms with E-state index < -0.39 is 247 Å². The molecule has 0 amide bonds. The fourth-order valence-corrected chi connectivity index (χ4v) is 18.3. The summed E-state index contributed by atoms with van der Waals surface area (Å²) in [5.41, 5.74) is 0.400. The minimum absolute atomic E-state index is 0.0773. The van der Waals surface area contributed by atoms with Crippen LogP contribution in [0.3, 0.4) is 0 Å². The molecule has 96 heavy (non-hydrogen) atoms. The molecule has 8 saturated heterocycles. The molecular weight excluding hydrogens is 1290 g/mol. The minimum atomic E-state index is -2.23. The number of fused-ring (bicyclic) bond motifs is 7. The van der Waals surface area contributed by atoms with Crippen LogP contribution in [-0.4, -0.2) is 357 Å². The first kappa shape index (κ1) is 74.1. The maximum Gasteiger partial charge on any atom is 0.187 e. The average Bonchev–Trinajstić information content (AvgIpc) is 1.49. The lowest BCUT2D eigenvalue weighted by Gasteiger charge is -2.59. The van der Waals surface area contributed by atoms with E-state index in [-0.39, 0.29) is 59.9 Å². The Labute approximate surface area is 552 Å². The molecule has 12 aliphatic rings. The number of aliphatic hydroxyl groups is 20. The molecule has 0 aromatic heterocycles. The molecule has 0 unspecified atom stereocenters. The molecule has 11 fully saturated rings. The van der Waals surface area contributed by atoms with E-state index in [1.807, 2.05) is 6.92 Å². The van der Waals surface area contributed by atoms with Crippen LogP contribution in [0.2, 0.25) is 0 Å². The van der Waals surface area contributed by atoms with Crippen LogP contribution < -0.4 is 0 Å². The van der Waals surface area contributed by atoms with Crippen LogP contribution >= 0.6 is 0 Å². The molecule has 34 heteroatoms. The van der Waals surface area contributed by atoms with Crippen molar-refractivity contribution in [2.24, 2.45) is 46.3 Å². The van der Waals surface area contributed by atoms with E-state index in [1.54, 1.807) is 0 Å². The number of ether oxygens (including phenoxy) is 14. The fraction of sp³-hybridized carbons (Fsp3) is 0.968. The van der Waals surface area contributed by atoms with Crippen molar-refractivity contribution in [1.29, 1.82) is 0 Å². The van der Waals surface area contributed by atoms with Gasteiger partial charge in [0.05, 0.1) is 70.7 Å². The summed E-state index contributed by atoms with van der Waals surface area (Å²) in [4.78, 5) is 0. The van der Waals surface area contributed by atoms with Gasteiger partial charge in [-0.3, -0.25) is 0 Å². The van der Waals surface area contributed by atoms with E-state index >= 15 is 0 Å². The highest BCUT2D eigenvalue weighted by molar-refractivity contribution is 5.28. The molecule has 12 rings (SSSR count). The maximum atomic E-state index is 12.2. The summed E-state index contributed by atoms with van der Waals surface area (Å²) < 4.78 is 85.3. The molecule has 8 heterocycles. The quantitative estimate of drug-likeness (QED) is 0.0601. The van der Waals surface area contributed by atoms with Crippen LogP contribution in [0.25, 0.3) is 0 Å². The second-order valence-corrected chi connectivity index (χ2v) is 29.3. The standard InChI is InChI=1S/C62H100O34/c1-20-18-84-62(12-30(20)86-55-46(79)42(75)38(71)31(13-63)87-55)21(2)36-29(96-62)10-25-23-6-5-22-9-28(26(68)11-61(22,4)24(23)7-8-60(25,36)3)85-56-48(81)44(77)50(35(17-67)91-56)92-59-53(52(41(74)34(16-66)90-59)94-54-45(78)37(70)27(69)19-83-54)95-58-49(82)51(40(73)33(15-65)89-58)93-57-47(80)43(76)39(72)32(14-64)88-57/h5,20-21,23-59,63-82H,6-19H2,1-4H3/t20-,21-,23+,24-,25-,26+,27+,28+,29-,30-,31+,32+,33+,34+,35+,36-,37-,38+,39+,40+,41+,42-,43-,44+,45+,46+,47+,48+,49+,50-,51-,52-,53+,54-,55+,56+,57-,58-,59-,60-,61-,62+/m0/s1. The van der Waals surface area contributed by atoms with Crippen molar-refractivity contribution < 1.29 is 168 Å². The van der Waals surface area contributed by atoms with Gasteiger partial charge >= 0.3 is 0 Å². The van der Waals surface area contributed by atoms with Crippen molar-refractivity contribution in [1.82, 2.24) is 0 Å². The van der Waals surface area contributed by atoms with Gasteiger partial charge < -0.3 is 168 Å². The second kappa shape index (κ2) is 29.1. The third kappa shape index (κ3) is 13.0. The normalized spacial score (nSPS) is 56.8. The van der Waals surface area contributed by atoms with E-state index in [0.717, 1.165) is 31.3 Å². The predicted octanol–water partition coefficient (Wildman–Crippen LogP) is -8.76. The first-order valence-electron chi connectivity index (χ1n) is 33.6. The van der Waals surface area contributed by atoms with Crippen molar-refractivity contribution in [2.75, 3.05) is 46.2 Å². The van der Waals surface area contributed by atoms with Crippen LogP contribution in [0.15, 0.2) is 11.6 Å². The summed E-state index contributed by atoms with van der Waals surface area (Å²) >= 11 is 0. The molecular formula is C62H100O34. The Hall–Kier alpha value is -1.62. The largest absolute Gasteiger partial charge is 0.394 e. The third-order valence-electron chi connectivity index (χ3n) is 23.9. The summed E-state index contributed by atoms with van der Waals surface area (Å²) in [6, 6.07) is 0. The monoisotopic (exact) mass is 1390 g/mol. The van der Waals surface area contributed by atoms with Gasteiger partial charge in [0.2, 0.25) is 0 Å². The number of hydrogen-bond acceptors (Lipinski definition) is 34. The number of allylic oxidation sites excluding steroid dienone is 1. The lowest BCUT2D eigenvalue weighted by atomic mass is 9.46. The molecule has 4 aliphatic carbocycles. The van der Waals surface area contributed by atoms with Crippen LogP contribution in [0.4, 0.5) is 0 Å². The summed E-state index contributed by atoms with van der Waals surface area (Å²) in [6.07, 6.45) is -49.7. The van der Waals surface area contributed by atoms with Crippen LogP contribution in [-0.2, 0) is 66.3 Å². The predicted molar refractivity (Wildman–Crippen MR) is 310 cm³/mol. The smallest absolute Gasteiger partial charge is 0.187 e. The van der Waals surface area contributed by atoms with Crippen molar-refractivity contribution in [3.8, 4) is 0 Å². The van der Waals surface area contributed by atoms with Crippen LogP contribution in [0.5, 0.6) is 0 Å².